The van der Waals surface area contributed by atoms with Crippen LogP contribution in [0.5, 0.6) is 46.0 Å². The second-order valence-corrected chi connectivity index (χ2v) is 3.98. The van der Waals surface area contributed by atoms with E-state index in [2.05, 4.69) is 0 Å². The molecule has 0 aliphatic carbocycles. The van der Waals surface area contributed by atoms with Gasteiger partial charge in [-0.15, -0.1) is 0 Å². The van der Waals surface area contributed by atoms with E-state index in [4.69, 9.17) is 0 Å². The second-order valence-electron chi connectivity index (χ2n) is 3.98. The van der Waals surface area contributed by atoms with Gasteiger partial charge >= 0.3 is 0 Å². The fraction of sp³-hybridized carbons (Fsp3) is 0. The van der Waals surface area contributed by atoms with Crippen molar-refractivity contribution in [1.82, 2.24) is 0 Å². The number of hydrogen-bond donors (Lipinski definition) is 8. The number of rotatable bonds is 1. The molecule has 0 aliphatic heterocycles. The molecule has 0 spiro atoms. The topological polar surface area (TPSA) is 162 Å². The lowest BCUT2D eigenvalue weighted by atomic mass is 10.00. The van der Waals surface area contributed by atoms with Gasteiger partial charge in [0.05, 0.1) is 5.56 Å². The van der Waals surface area contributed by atoms with Gasteiger partial charge < -0.3 is 40.9 Å². The van der Waals surface area contributed by atoms with Crippen molar-refractivity contribution in [3.8, 4) is 57.1 Å². The zero-order valence-corrected chi connectivity index (χ0v) is 9.73. The highest BCUT2D eigenvalue weighted by Gasteiger charge is 2.24. The predicted molar refractivity (Wildman–Crippen MR) is 65.2 cm³/mol. The highest BCUT2D eigenvalue weighted by molar-refractivity contribution is 5.87. The first-order valence-corrected chi connectivity index (χ1v) is 5.19. The van der Waals surface area contributed by atoms with Crippen LogP contribution in [0, 0.1) is 0 Å². The van der Waals surface area contributed by atoms with E-state index >= 15 is 0 Å². The first-order valence-electron chi connectivity index (χ1n) is 5.19. The number of phenolic OH excluding ortho intramolecular Hbond substituents is 8. The van der Waals surface area contributed by atoms with Gasteiger partial charge in [-0.25, -0.2) is 0 Å². The minimum absolute atomic E-state index is 0.469. The third kappa shape index (κ3) is 1.70. The Hall–Kier alpha value is -3.16. The van der Waals surface area contributed by atoms with Gasteiger partial charge in [0.2, 0.25) is 17.2 Å². The van der Waals surface area contributed by atoms with Gasteiger partial charge in [0, 0.05) is 11.6 Å². The number of hydrogen-bond acceptors (Lipinski definition) is 8. The minimum atomic E-state index is -1.08. The summed E-state index contributed by atoms with van der Waals surface area (Å²) in [7, 11) is 0. The van der Waals surface area contributed by atoms with E-state index in [1.807, 2.05) is 0 Å². The second kappa shape index (κ2) is 4.19. The van der Waals surface area contributed by atoms with E-state index in [1.165, 1.54) is 0 Å². The van der Waals surface area contributed by atoms with E-state index in [-0.39, 0.29) is 0 Å². The largest absolute Gasteiger partial charge is 0.507 e. The van der Waals surface area contributed by atoms with E-state index in [0.717, 1.165) is 6.07 Å². The minimum Gasteiger partial charge on any atom is -0.507 e. The molecule has 106 valence electrons. The molecule has 0 unspecified atom stereocenters. The molecule has 0 saturated heterocycles. The van der Waals surface area contributed by atoms with Gasteiger partial charge in [0.25, 0.3) is 0 Å². The molecule has 0 aromatic heterocycles. The van der Waals surface area contributed by atoms with Crippen LogP contribution >= 0.6 is 0 Å². The summed E-state index contributed by atoms with van der Waals surface area (Å²) >= 11 is 0. The molecule has 8 nitrogen and oxygen atoms in total. The molecule has 2 aromatic rings. The van der Waals surface area contributed by atoms with Gasteiger partial charge in [0.15, 0.2) is 23.0 Å². The monoisotopic (exact) mass is 282 g/mol. The maximum Gasteiger partial charge on any atom is 0.204 e. The molecule has 2 rings (SSSR count). The molecule has 0 fully saturated rings. The van der Waals surface area contributed by atoms with Gasteiger partial charge in [-0.05, 0) is 6.07 Å². The van der Waals surface area contributed by atoms with Crippen molar-refractivity contribution in [2.75, 3.05) is 0 Å². The van der Waals surface area contributed by atoms with Crippen molar-refractivity contribution in [2.24, 2.45) is 0 Å². The van der Waals surface area contributed by atoms with E-state index in [0.29, 0.717) is 6.07 Å². The van der Waals surface area contributed by atoms with Crippen molar-refractivity contribution >= 4 is 0 Å². The third-order valence-electron chi connectivity index (χ3n) is 2.73. The highest BCUT2D eigenvalue weighted by atomic mass is 16.3. The first kappa shape index (κ1) is 13.3. The number of aromatic hydroxyl groups is 8. The molecule has 0 bridgehead atoms. The summed E-state index contributed by atoms with van der Waals surface area (Å²) in [5, 5.41) is 75.6. The van der Waals surface area contributed by atoms with E-state index in [1.54, 1.807) is 0 Å². The summed E-state index contributed by atoms with van der Waals surface area (Å²) in [6, 6.07) is 1.43. The van der Waals surface area contributed by atoms with E-state index < -0.39 is 57.1 Å². The van der Waals surface area contributed by atoms with Gasteiger partial charge in [-0.2, -0.15) is 0 Å². The Bertz CT molecular complexity index is 708. The predicted octanol–water partition coefficient (Wildman–Crippen LogP) is 0.998. The summed E-state index contributed by atoms with van der Waals surface area (Å²) in [5.74, 6) is -7.35. The molecule has 0 aliphatic rings. The van der Waals surface area contributed by atoms with Crippen molar-refractivity contribution in [1.29, 1.82) is 0 Å². The number of phenols is 8. The Labute approximate surface area is 111 Å². The standard InChI is InChI=1S/C12H10O8/c13-4-2-6(15)9(17)11(19)7(4)3-1-5(14)10(18)12(20)8(3)16/h1-2,13-20H. The Morgan fingerprint density at radius 3 is 1.55 bits per heavy atom. The molecule has 0 heterocycles. The quantitative estimate of drug-likeness (QED) is 0.283. The highest BCUT2D eigenvalue weighted by Crippen LogP contribution is 2.54. The lowest BCUT2D eigenvalue weighted by Gasteiger charge is -2.13. The smallest absolute Gasteiger partial charge is 0.204 e. The van der Waals surface area contributed by atoms with Crippen molar-refractivity contribution in [3.05, 3.63) is 12.1 Å². The van der Waals surface area contributed by atoms with Gasteiger partial charge in [0.1, 0.15) is 5.75 Å². The van der Waals surface area contributed by atoms with Crippen LogP contribution in [0.1, 0.15) is 0 Å². The Morgan fingerprint density at radius 1 is 0.450 bits per heavy atom. The lowest BCUT2D eigenvalue weighted by Crippen LogP contribution is -1.85. The van der Waals surface area contributed by atoms with Crippen LogP contribution < -0.4 is 0 Å². The molecule has 20 heavy (non-hydrogen) atoms. The Kier molecular flexibility index (Phi) is 2.78. The summed E-state index contributed by atoms with van der Waals surface area (Å²) < 4.78 is 0. The SMILES string of the molecule is Oc1cc(-c2c(O)cc(O)c(O)c2O)c(O)c(O)c1O. The van der Waals surface area contributed by atoms with Crippen molar-refractivity contribution < 1.29 is 40.9 Å². The maximum absolute atomic E-state index is 9.68. The molecular weight excluding hydrogens is 272 g/mol. The number of benzene rings is 2. The van der Waals surface area contributed by atoms with Gasteiger partial charge in [-0.1, -0.05) is 0 Å². The Morgan fingerprint density at radius 2 is 0.950 bits per heavy atom. The normalized spacial score (nSPS) is 10.6. The van der Waals surface area contributed by atoms with Crippen LogP contribution in [0.4, 0.5) is 0 Å². The Balaban J connectivity index is 2.86. The molecule has 0 radical (unpaired) electrons. The summed E-state index contributed by atoms with van der Waals surface area (Å²) in [4.78, 5) is 0. The first-order chi connectivity index (χ1) is 9.25. The maximum atomic E-state index is 9.68. The molecule has 8 heteroatoms. The fourth-order valence-electron chi connectivity index (χ4n) is 1.72. The molecule has 0 saturated carbocycles. The molecule has 0 atom stereocenters. The van der Waals surface area contributed by atoms with Gasteiger partial charge in [-0.3, -0.25) is 0 Å². The summed E-state index contributed by atoms with van der Waals surface area (Å²) in [5.41, 5.74) is -1.02. The van der Waals surface area contributed by atoms with Crippen molar-refractivity contribution in [3.63, 3.8) is 0 Å². The van der Waals surface area contributed by atoms with Crippen LogP contribution in [-0.4, -0.2) is 40.9 Å². The summed E-state index contributed by atoms with van der Waals surface area (Å²) in [6.45, 7) is 0. The molecular formula is C12H10O8. The summed E-state index contributed by atoms with van der Waals surface area (Å²) in [6.07, 6.45) is 0. The molecule has 2 aromatic carbocycles. The fourth-order valence-corrected chi connectivity index (χ4v) is 1.72. The van der Waals surface area contributed by atoms with Crippen LogP contribution in [0.25, 0.3) is 11.1 Å². The van der Waals surface area contributed by atoms with Crippen LogP contribution in [0.2, 0.25) is 0 Å². The van der Waals surface area contributed by atoms with Crippen LogP contribution in [0.3, 0.4) is 0 Å². The third-order valence-corrected chi connectivity index (χ3v) is 2.73. The zero-order chi connectivity index (χ0) is 15.2. The lowest BCUT2D eigenvalue weighted by molar-refractivity contribution is 0.345. The van der Waals surface area contributed by atoms with E-state index in [9.17, 15) is 40.9 Å². The van der Waals surface area contributed by atoms with Crippen molar-refractivity contribution in [2.45, 2.75) is 0 Å². The van der Waals surface area contributed by atoms with Crippen LogP contribution in [0.15, 0.2) is 12.1 Å². The average molecular weight is 282 g/mol. The zero-order valence-electron chi connectivity index (χ0n) is 9.73. The molecule has 0 amide bonds. The molecule has 8 N–H and O–H groups in total. The average Bonchev–Trinajstić information content (AvgIpc) is 2.39. The van der Waals surface area contributed by atoms with Crippen LogP contribution in [-0.2, 0) is 0 Å².